The van der Waals surface area contributed by atoms with Gasteiger partial charge in [-0.3, -0.25) is 9.59 Å². The second-order valence-corrected chi connectivity index (χ2v) is 6.33. The van der Waals surface area contributed by atoms with Crippen molar-refractivity contribution in [3.8, 4) is 0 Å². The van der Waals surface area contributed by atoms with Crippen LogP contribution in [0.15, 0.2) is 41.0 Å². The number of rotatable bonds is 6. The van der Waals surface area contributed by atoms with Crippen LogP contribution in [0.3, 0.4) is 0 Å². The molecule has 0 atom stereocenters. The number of amides is 2. The lowest BCUT2D eigenvalue weighted by Gasteiger charge is -2.20. The first kappa shape index (κ1) is 17.8. The van der Waals surface area contributed by atoms with Gasteiger partial charge in [0.05, 0.1) is 12.8 Å². The van der Waals surface area contributed by atoms with Crippen molar-refractivity contribution in [3.05, 3.63) is 53.5 Å². The van der Waals surface area contributed by atoms with E-state index in [4.69, 9.17) is 4.42 Å². The predicted molar refractivity (Wildman–Crippen MR) is 94.3 cm³/mol. The molecule has 1 heterocycles. The van der Waals surface area contributed by atoms with Crippen molar-refractivity contribution < 1.29 is 14.0 Å². The molecule has 1 aromatic heterocycles. The van der Waals surface area contributed by atoms with E-state index in [1.165, 1.54) is 6.26 Å². The van der Waals surface area contributed by atoms with E-state index >= 15 is 0 Å². The fourth-order valence-corrected chi connectivity index (χ4v) is 2.53. The fraction of sp³-hybridized carbons (Fsp3) is 0.368. The van der Waals surface area contributed by atoms with Crippen molar-refractivity contribution in [3.63, 3.8) is 0 Å². The zero-order valence-electron chi connectivity index (χ0n) is 14.6. The first-order chi connectivity index (χ1) is 11.4. The molecule has 0 aliphatic heterocycles. The Labute approximate surface area is 142 Å². The first-order valence-corrected chi connectivity index (χ1v) is 8.14. The van der Waals surface area contributed by atoms with Gasteiger partial charge in [0, 0.05) is 5.69 Å². The van der Waals surface area contributed by atoms with E-state index < -0.39 is 5.91 Å². The van der Waals surface area contributed by atoms with Crippen LogP contribution in [-0.2, 0) is 4.79 Å². The van der Waals surface area contributed by atoms with Crippen molar-refractivity contribution in [1.29, 1.82) is 0 Å². The number of anilines is 1. The molecule has 0 radical (unpaired) electrons. The van der Waals surface area contributed by atoms with Gasteiger partial charge >= 0.3 is 0 Å². The van der Waals surface area contributed by atoms with Crippen LogP contribution in [0.5, 0.6) is 0 Å². The van der Waals surface area contributed by atoms with Crippen LogP contribution < -0.4 is 10.6 Å². The van der Waals surface area contributed by atoms with Crippen LogP contribution in [0.25, 0.3) is 0 Å². The molecule has 5 nitrogen and oxygen atoms in total. The zero-order chi connectivity index (χ0) is 17.7. The standard InChI is InChI=1S/C19H24N2O3/c1-12(2)14-7-5-8-15(13(3)4)18(14)21-17(22)11-20-19(23)16-9-6-10-24-16/h5-10,12-13H,11H2,1-4H3,(H,20,23)(H,21,22). The Bertz CT molecular complexity index is 677. The Kier molecular flexibility index (Phi) is 5.79. The SMILES string of the molecule is CC(C)c1cccc(C(C)C)c1NC(=O)CNC(=O)c1ccco1. The number of hydrogen-bond donors (Lipinski definition) is 2. The summed E-state index contributed by atoms with van der Waals surface area (Å²) in [6.07, 6.45) is 1.42. The van der Waals surface area contributed by atoms with Gasteiger partial charge in [0.15, 0.2) is 5.76 Å². The molecular formula is C19H24N2O3. The average Bonchev–Trinajstić information content (AvgIpc) is 3.06. The van der Waals surface area contributed by atoms with Crippen LogP contribution in [0.1, 0.15) is 61.2 Å². The number of para-hydroxylation sites is 1. The summed E-state index contributed by atoms with van der Waals surface area (Å²) in [5.74, 6) is 0.1000. The predicted octanol–water partition coefficient (Wildman–Crippen LogP) is 3.89. The number of carbonyl (C=O) groups excluding carboxylic acids is 2. The third-order valence-electron chi connectivity index (χ3n) is 3.79. The maximum absolute atomic E-state index is 12.3. The van der Waals surface area contributed by atoms with Crippen molar-refractivity contribution >= 4 is 17.5 Å². The van der Waals surface area contributed by atoms with E-state index in [1.807, 2.05) is 18.2 Å². The van der Waals surface area contributed by atoms with E-state index in [0.29, 0.717) is 0 Å². The van der Waals surface area contributed by atoms with Crippen LogP contribution in [0.4, 0.5) is 5.69 Å². The molecule has 0 saturated carbocycles. The van der Waals surface area contributed by atoms with Crippen molar-refractivity contribution in [1.82, 2.24) is 5.32 Å². The van der Waals surface area contributed by atoms with Crippen LogP contribution in [-0.4, -0.2) is 18.4 Å². The lowest BCUT2D eigenvalue weighted by atomic mass is 9.92. The summed E-state index contributed by atoms with van der Waals surface area (Å²) in [6.45, 7) is 8.26. The minimum absolute atomic E-state index is 0.108. The molecule has 0 aliphatic rings. The van der Waals surface area contributed by atoms with Gasteiger partial charge in [-0.15, -0.1) is 0 Å². The third kappa shape index (κ3) is 4.25. The molecule has 5 heteroatoms. The summed E-state index contributed by atoms with van der Waals surface area (Å²) in [6, 6.07) is 9.24. The molecule has 24 heavy (non-hydrogen) atoms. The maximum atomic E-state index is 12.3. The third-order valence-corrected chi connectivity index (χ3v) is 3.79. The van der Waals surface area contributed by atoms with Gasteiger partial charge in [-0.25, -0.2) is 0 Å². The van der Waals surface area contributed by atoms with Gasteiger partial charge in [0.1, 0.15) is 0 Å². The Morgan fingerprint density at radius 1 is 1.00 bits per heavy atom. The van der Waals surface area contributed by atoms with Gasteiger partial charge < -0.3 is 15.1 Å². The average molecular weight is 328 g/mol. The highest BCUT2D eigenvalue weighted by atomic mass is 16.3. The number of nitrogens with one attached hydrogen (secondary N) is 2. The van der Waals surface area contributed by atoms with Gasteiger partial charge in [-0.2, -0.15) is 0 Å². The topological polar surface area (TPSA) is 71.3 Å². The van der Waals surface area contributed by atoms with E-state index in [2.05, 4.69) is 38.3 Å². The molecular weight excluding hydrogens is 304 g/mol. The molecule has 2 rings (SSSR count). The summed E-state index contributed by atoms with van der Waals surface area (Å²) >= 11 is 0. The molecule has 0 saturated heterocycles. The Hall–Kier alpha value is -2.56. The van der Waals surface area contributed by atoms with Crippen molar-refractivity contribution in [2.45, 2.75) is 39.5 Å². The molecule has 0 spiro atoms. The number of carbonyl (C=O) groups is 2. The molecule has 2 amide bonds. The molecule has 2 N–H and O–H groups in total. The first-order valence-electron chi connectivity index (χ1n) is 8.14. The summed E-state index contributed by atoms with van der Waals surface area (Å²) in [4.78, 5) is 24.1. The van der Waals surface area contributed by atoms with Crippen LogP contribution in [0.2, 0.25) is 0 Å². The molecule has 0 fully saturated rings. The van der Waals surface area contributed by atoms with E-state index in [-0.39, 0.29) is 30.0 Å². The summed E-state index contributed by atoms with van der Waals surface area (Å²) < 4.78 is 5.00. The maximum Gasteiger partial charge on any atom is 0.287 e. The summed E-state index contributed by atoms with van der Waals surface area (Å²) in [5.41, 5.74) is 3.03. The summed E-state index contributed by atoms with van der Waals surface area (Å²) in [5, 5.41) is 5.52. The van der Waals surface area contributed by atoms with Crippen molar-refractivity contribution in [2.75, 3.05) is 11.9 Å². The fourth-order valence-electron chi connectivity index (χ4n) is 2.53. The molecule has 0 unspecified atom stereocenters. The quantitative estimate of drug-likeness (QED) is 0.845. The molecule has 2 aromatic rings. The number of hydrogen-bond acceptors (Lipinski definition) is 3. The Morgan fingerprint density at radius 3 is 2.12 bits per heavy atom. The number of furan rings is 1. The van der Waals surface area contributed by atoms with E-state index in [0.717, 1.165) is 16.8 Å². The molecule has 128 valence electrons. The van der Waals surface area contributed by atoms with Crippen LogP contribution in [0, 0.1) is 0 Å². The van der Waals surface area contributed by atoms with Gasteiger partial charge in [0.25, 0.3) is 5.91 Å². The van der Waals surface area contributed by atoms with Crippen molar-refractivity contribution in [2.24, 2.45) is 0 Å². The van der Waals surface area contributed by atoms with E-state index in [1.54, 1.807) is 12.1 Å². The lowest BCUT2D eigenvalue weighted by Crippen LogP contribution is -2.33. The zero-order valence-corrected chi connectivity index (χ0v) is 14.6. The van der Waals surface area contributed by atoms with Crippen LogP contribution >= 0.6 is 0 Å². The second-order valence-electron chi connectivity index (χ2n) is 6.33. The Balaban J connectivity index is 2.09. The Morgan fingerprint density at radius 2 is 1.62 bits per heavy atom. The smallest absolute Gasteiger partial charge is 0.287 e. The van der Waals surface area contributed by atoms with E-state index in [9.17, 15) is 9.59 Å². The molecule has 0 aliphatic carbocycles. The number of benzene rings is 1. The minimum Gasteiger partial charge on any atom is -0.459 e. The minimum atomic E-state index is -0.406. The van der Waals surface area contributed by atoms with Gasteiger partial charge in [-0.1, -0.05) is 45.9 Å². The highest BCUT2D eigenvalue weighted by Crippen LogP contribution is 2.32. The molecule has 1 aromatic carbocycles. The normalized spacial score (nSPS) is 10.9. The highest BCUT2D eigenvalue weighted by Gasteiger charge is 2.16. The molecule has 0 bridgehead atoms. The second kappa shape index (κ2) is 7.81. The highest BCUT2D eigenvalue weighted by molar-refractivity contribution is 5.98. The van der Waals surface area contributed by atoms with Gasteiger partial charge in [0.2, 0.25) is 5.91 Å². The largest absolute Gasteiger partial charge is 0.459 e. The van der Waals surface area contributed by atoms with Gasteiger partial charge in [-0.05, 0) is 35.1 Å². The summed E-state index contributed by atoms with van der Waals surface area (Å²) in [7, 11) is 0. The lowest BCUT2D eigenvalue weighted by molar-refractivity contribution is -0.115. The monoisotopic (exact) mass is 328 g/mol.